The summed E-state index contributed by atoms with van der Waals surface area (Å²) in [7, 11) is 1.40. The Balaban J connectivity index is 3.45. The molecule has 0 saturated heterocycles. The first-order chi connectivity index (χ1) is 8.93. The van der Waals surface area contributed by atoms with Crippen LogP contribution in [0.25, 0.3) is 0 Å². The molecule has 0 aliphatic heterocycles. The molecular formula is C7H7ClF5N3O3S. The molecule has 0 aliphatic carbocycles. The number of ether oxygens (including phenoxy) is 1. The van der Waals surface area contributed by atoms with Crippen LogP contribution in [0, 0.1) is 0 Å². The van der Waals surface area contributed by atoms with Crippen molar-refractivity contribution in [3.8, 4) is 0 Å². The van der Waals surface area contributed by atoms with Crippen molar-refractivity contribution in [3.05, 3.63) is 5.82 Å². The quantitative estimate of drug-likeness (QED) is 0.598. The number of alkyl halides is 5. The summed E-state index contributed by atoms with van der Waals surface area (Å²) in [6.07, 6.45) is -5.96. The summed E-state index contributed by atoms with van der Waals surface area (Å²) in [5.41, 5.74) is 0. The van der Waals surface area contributed by atoms with Crippen molar-refractivity contribution in [1.82, 2.24) is 14.8 Å². The van der Waals surface area contributed by atoms with Crippen LogP contribution < -0.4 is 0 Å². The Labute approximate surface area is 113 Å². The van der Waals surface area contributed by atoms with Crippen LogP contribution in [0.5, 0.6) is 0 Å². The first kappa shape index (κ1) is 17.0. The zero-order valence-electron chi connectivity index (χ0n) is 9.66. The Morgan fingerprint density at radius 3 is 2.20 bits per heavy atom. The first-order valence-electron chi connectivity index (χ1n) is 4.74. The third kappa shape index (κ3) is 3.17. The second-order valence-electron chi connectivity index (χ2n) is 3.46. The molecule has 1 rings (SSSR count). The lowest BCUT2D eigenvalue weighted by Crippen LogP contribution is -2.37. The number of hydrogen-bond acceptors (Lipinski definition) is 5. The van der Waals surface area contributed by atoms with Crippen LogP contribution in [0.2, 0.25) is 0 Å². The summed E-state index contributed by atoms with van der Waals surface area (Å²) in [6.45, 7) is -0.996. The topological polar surface area (TPSA) is 74.1 Å². The van der Waals surface area contributed by atoms with E-state index in [1.54, 1.807) is 0 Å². The Morgan fingerprint density at radius 2 is 1.80 bits per heavy atom. The molecule has 0 aromatic carbocycles. The SMILES string of the molecule is COCCn1c(C(F)(F)C(F)(F)F)nnc1S(=O)(=O)Cl. The molecule has 0 atom stereocenters. The molecule has 1 aromatic heterocycles. The highest BCUT2D eigenvalue weighted by molar-refractivity contribution is 8.13. The molecule has 6 nitrogen and oxygen atoms in total. The van der Waals surface area contributed by atoms with Gasteiger partial charge in [-0.3, -0.25) is 4.57 Å². The summed E-state index contributed by atoms with van der Waals surface area (Å²) in [6, 6.07) is 0. The van der Waals surface area contributed by atoms with Gasteiger partial charge in [-0.15, -0.1) is 10.2 Å². The van der Waals surface area contributed by atoms with Crippen LogP contribution >= 0.6 is 10.7 Å². The highest BCUT2D eigenvalue weighted by atomic mass is 35.7. The van der Waals surface area contributed by atoms with E-state index in [4.69, 9.17) is 10.7 Å². The summed E-state index contributed by atoms with van der Waals surface area (Å²) >= 11 is 0. The zero-order valence-corrected chi connectivity index (χ0v) is 11.2. The van der Waals surface area contributed by atoms with Gasteiger partial charge in [-0.1, -0.05) is 0 Å². The second-order valence-corrected chi connectivity index (χ2v) is 5.92. The fraction of sp³-hybridized carbons (Fsp3) is 0.714. The molecule has 1 aromatic rings. The minimum atomic E-state index is -5.96. The number of aromatic nitrogens is 3. The van der Waals surface area contributed by atoms with Crippen molar-refractivity contribution < 1.29 is 35.1 Å². The molecule has 116 valence electrons. The van der Waals surface area contributed by atoms with Gasteiger partial charge in [0.2, 0.25) is 5.82 Å². The van der Waals surface area contributed by atoms with Gasteiger partial charge in [0.25, 0.3) is 14.2 Å². The number of nitrogens with zero attached hydrogens (tertiary/aromatic N) is 3. The normalized spacial score (nSPS) is 13.8. The van der Waals surface area contributed by atoms with E-state index in [0.29, 0.717) is 0 Å². The standard InChI is InChI=1S/C7H7ClF5N3O3S/c1-19-3-2-16-4(6(9,10)7(11,12)13)14-15-5(16)20(8,17)18/h2-3H2,1H3. The predicted molar refractivity (Wildman–Crippen MR) is 54.9 cm³/mol. The van der Waals surface area contributed by atoms with Crippen molar-refractivity contribution >= 4 is 19.7 Å². The Morgan fingerprint density at radius 1 is 1.25 bits per heavy atom. The third-order valence-corrected chi connectivity index (χ3v) is 3.24. The summed E-state index contributed by atoms with van der Waals surface area (Å²) < 4.78 is 90.0. The van der Waals surface area contributed by atoms with E-state index in [2.05, 4.69) is 14.9 Å². The van der Waals surface area contributed by atoms with Gasteiger partial charge in [0.15, 0.2) is 0 Å². The van der Waals surface area contributed by atoms with Crippen LogP contribution in [0.1, 0.15) is 5.82 Å². The molecular weight excluding hydrogens is 337 g/mol. The van der Waals surface area contributed by atoms with Gasteiger partial charge in [0.1, 0.15) is 0 Å². The summed E-state index contributed by atoms with van der Waals surface area (Å²) in [4.78, 5) is 0. The van der Waals surface area contributed by atoms with E-state index < -0.39 is 38.7 Å². The van der Waals surface area contributed by atoms with Crippen molar-refractivity contribution in [1.29, 1.82) is 0 Å². The monoisotopic (exact) mass is 343 g/mol. The maximum Gasteiger partial charge on any atom is 0.461 e. The van der Waals surface area contributed by atoms with E-state index in [9.17, 15) is 30.4 Å². The Kier molecular flexibility index (Phi) is 4.61. The van der Waals surface area contributed by atoms with E-state index in [0.717, 1.165) is 7.11 Å². The summed E-state index contributed by atoms with van der Waals surface area (Å²) in [5, 5.41) is 4.16. The molecule has 13 heteroatoms. The molecule has 0 amide bonds. The van der Waals surface area contributed by atoms with E-state index in [1.807, 2.05) is 0 Å². The molecule has 0 fully saturated rings. The van der Waals surface area contributed by atoms with Crippen LogP contribution in [0.15, 0.2) is 5.16 Å². The van der Waals surface area contributed by atoms with Crippen molar-refractivity contribution in [2.75, 3.05) is 13.7 Å². The highest BCUT2D eigenvalue weighted by Crippen LogP contribution is 2.43. The predicted octanol–water partition coefficient (Wildman–Crippen LogP) is 1.51. The van der Waals surface area contributed by atoms with Gasteiger partial charge in [0, 0.05) is 17.8 Å². The van der Waals surface area contributed by atoms with Gasteiger partial charge in [-0.2, -0.15) is 22.0 Å². The molecule has 0 N–H and O–H groups in total. The van der Waals surface area contributed by atoms with Gasteiger partial charge in [-0.05, 0) is 0 Å². The lowest BCUT2D eigenvalue weighted by molar-refractivity contribution is -0.293. The average Bonchev–Trinajstić information content (AvgIpc) is 2.68. The molecule has 0 saturated carbocycles. The van der Waals surface area contributed by atoms with E-state index in [1.165, 1.54) is 0 Å². The second kappa shape index (κ2) is 5.41. The smallest absolute Gasteiger partial charge is 0.383 e. The van der Waals surface area contributed by atoms with Crippen molar-refractivity contribution in [3.63, 3.8) is 0 Å². The first-order valence-corrected chi connectivity index (χ1v) is 7.05. The third-order valence-electron chi connectivity index (χ3n) is 2.09. The summed E-state index contributed by atoms with van der Waals surface area (Å²) in [5.74, 6) is -7.26. The Hall–Kier alpha value is -1.01. The van der Waals surface area contributed by atoms with Crippen LogP contribution in [0.3, 0.4) is 0 Å². The maximum atomic E-state index is 13.2. The van der Waals surface area contributed by atoms with E-state index >= 15 is 0 Å². The molecule has 0 aliphatic rings. The molecule has 20 heavy (non-hydrogen) atoms. The lowest BCUT2D eigenvalue weighted by atomic mass is 10.3. The molecule has 0 unspecified atom stereocenters. The largest absolute Gasteiger partial charge is 0.461 e. The highest BCUT2D eigenvalue weighted by Gasteiger charge is 2.62. The molecule has 1 heterocycles. The van der Waals surface area contributed by atoms with Crippen molar-refractivity contribution in [2.45, 2.75) is 23.8 Å². The van der Waals surface area contributed by atoms with E-state index in [-0.39, 0.29) is 11.2 Å². The van der Waals surface area contributed by atoms with Crippen LogP contribution in [0.4, 0.5) is 22.0 Å². The maximum absolute atomic E-state index is 13.2. The van der Waals surface area contributed by atoms with Crippen molar-refractivity contribution in [2.24, 2.45) is 0 Å². The minimum Gasteiger partial charge on any atom is -0.383 e. The fourth-order valence-electron chi connectivity index (χ4n) is 1.21. The van der Waals surface area contributed by atoms with Gasteiger partial charge < -0.3 is 4.74 Å². The van der Waals surface area contributed by atoms with Gasteiger partial charge in [0.05, 0.1) is 13.2 Å². The number of methoxy groups -OCH3 is 1. The van der Waals surface area contributed by atoms with Gasteiger partial charge in [-0.25, -0.2) is 8.42 Å². The molecule has 0 bridgehead atoms. The molecule has 0 spiro atoms. The molecule has 0 radical (unpaired) electrons. The number of rotatable bonds is 5. The average molecular weight is 344 g/mol. The van der Waals surface area contributed by atoms with Crippen LogP contribution in [-0.2, 0) is 26.3 Å². The minimum absolute atomic E-state index is 0.0549. The zero-order chi connectivity index (χ0) is 15.8. The van der Waals surface area contributed by atoms with Crippen LogP contribution in [-0.4, -0.2) is 43.1 Å². The van der Waals surface area contributed by atoms with Gasteiger partial charge >= 0.3 is 12.1 Å². The fourth-order valence-corrected chi connectivity index (χ4v) is 2.13. The Bertz CT molecular complexity index is 585. The number of halogens is 6. The number of hydrogen-bond donors (Lipinski definition) is 0. The lowest BCUT2D eigenvalue weighted by Gasteiger charge is -2.19.